The van der Waals surface area contributed by atoms with Crippen molar-refractivity contribution in [3.63, 3.8) is 0 Å². The lowest BCUT2D eigenvalue weighted by molar-refractivity contribution is 0.00578. The number of ether oxygens (including phenoxy) is 1. The minimum atomic E-state index is -0.464. The van der Waals surface area contributed by atoms with Crippen LogP contribution in [0.25, 0.3) is 0 Å². The third-order valence-electron chi connectivity index (χ3n) is 5.16. The van der Waals surface area contributed by atoms with Gasteiger partial charge in [0.2, 0.25) is 0 Å². The first kappa shape index (κ1) is 16.3. The molecule has 1 saturated heterocycles. The van der Waals surface area contributed by atoms with Crippen molar-refractivity contribution in [2.24, 2.45) is 0 Å². The number of carbonyl (C=O) groups is 1. The van der Waals surface area contributed by atoms with Crippen LogP contribution >= 0.6 is 0 Å². The van der Waals surface area contributed by atoms with Crippen molar-refractivity contribution in [3.05, 3.63) is 29.8 Å². The Morgan fingerprint density at radius 2 is 1.61 bits per heavy atom. The molecule has 0 aromatic heterocycles. The molecule has 1 aromatic carbocycles. The molecule has 1 aliphatic heterocycles. The van der Waals surface area contributed by atoms with Crippen LogP contribution in [0.3, 0.4) is 0 Å². The third-order valence-corrected chi connectivity index (χ3v) is 5.16. The smallest absolute Gasteiger partial charge is 0.438 e. The number of hydrogen-bond acceptors (Lipinski definition) is 4. The van der Waals surface area contributed by atoms with Crippen molar-refractivity contribution in [1.82, 2.24) is 5.32 Å². The Bertz CT molecular complexity index is 592. The van der Waals surface area contributed by atoms with Gasteiger partial charge in [0.15, 0.2) is 0 Å². The standard InChI is InChI=1S/C17H24BNO4/c1-15(2)16(3,4)23-18(22-15)13-8-6-12(7-9-13)17(10-11-17)21-14(20)19-5/h6-9H,10-11H2,1-5H3,(H,19,20). The Hall–Kier alpha value is -1.53. The molecule has 23 heavy (non-hydrogen) atoms. The number of alkyl carbamates (subject to hydrolysis) is 1. The van der Waals surface area contributed by atoms with Gasteiger partial charge in [0.1, 0.15) is 5.60 Å². The van der Waals surface area contributed by atoms with Gasteiger partial charge in [0.25, 0.3) is 0 Å². The summed E-state index contributed by atoms with van der Waals surface area (Å²) in [4.78, 5) is 11.5. The van der Waals surface area contributed by atoms with E-state index in [1.807, 2.05) is 52.0 Å². The van der Waals surface area contributed by atoms with Gasteiger partial charge in [0.05, 0.1) is 11.2 Å². The fraction of sp³-hybridized carbons (Fsp3) is 0.588. The molecule has 0 bridgehead atoms. The molecule has 0 unspecified atom stereocenters. The minimum Gasteiger partial charge on any atom is -0.438 e. The van der Waals surface area contributed by atoms with Gasteiger partial charge in [-0.15, -0.1) is 0 Å². The maximum atomic E-state index is 11.5. The van der Waals surface area contributed by atoms with Gasteiger partial charge < -0.3 is 19.4 Å². The maximum absolute atomic E-state index is 11.5. The molecule has 3 rings (SSSR count). The highest BCUT2D eigenvalue weighted by molar-refractivity contribution is 6.62. The SMILES string of the molecule is CNC(=O)OC1(c2ccc(B3OC(C)(C)C(C)(C)O3)cc2)CC1. The summed E-state index contributed by atoms with van der Waals surface area (Å²) in [6.07, 6.45) is 1.32. The summed E-state index contributed by atoms with van der Waals surface area (Å²) in [7, 11) is 1.20. The van der Waals surface area contributed by atoms with Crippen LogP contribution in [0.1, 0.15) is 46.1 Å². The van der Waals surface area contributed by atoms with Crippen molar-refractivity contribution in [2.45, 2.75) is 57.3 Å². The topological polar surface area (TPSA) is 56.8 Å². The van der Waals surface area contributed by atoms with E-state index in [-0.39, 0.29) is 18.3 Å². The maximum Gasteiger partial charge on any atom is 0.494 e. The monoisotopic (exact) mass is 317 g/mol. The Kier molecular flexibility index (Phi) is 3.73. The molecule has 2 fully saturated rings. The summed E-state index contributed by atoms with van der Waals surface area (Å²) >= 11 is 0. The largest absolute Gasteiger partial charge is 0.494 e. The van der Waals surface area contributed by atoms with Crippen molar-refractivity contribution in [1.29, 1.82) is 0 Å². The van der Waals surface area contributed by atoms with Gasteiger partial charge in [-0.25, -0.2) is 4.79 Å². The Morgan fingerprint density at radius 3 is 2.04 bits per heavy atom. The Balaban J connectivity index is 1.75. The zero-order valence-electron chi connectivity index (χ0n) is 14.4. The molecule has 6 heteroatoms. The number of benzene rings is 1. The van der Waals surface area contributed by atoms with Gasteiger partial charge in [-0.05, 0) is 51.6 Å². The lowest BCUT2D eigenvalue weighted by Crippen LogP contribution is -2.41. The normalized spacial score (nSPS) is 23.4. The number of rotatable bonds is 3. The molecular formula is C17H24BNO4. The van der Waals surface area contributed by atoms with Crippen molar-refractivity contribution < 1.29 is 18.8 Å². The first-order valence-corrected chi connectivity index (χ1v) is 8.06. The molecular weight excluding hydrogens is 293 g/mol. The van der Waals surface area contributed by atoms with E-state index in [4.69, 9.17) is 14.0 Å². The Morgan fingerprint density at radius 1 is 1.09 bits per heavy atom. The van der Waals surface area contributed by atoms with Crippen molar-refractivity contribution in [2.75, 3.05) is 7.05 Å². The summed E-state index contributed by atoms with van der Waals surface area (Å²) in [5, 5.41) is 2.50. The van der Waals surface area contributed by atoms with E-state index < -0.39 is 11.7 Å². The van der Waals surface area contributed by atoms with Crippen LogP contribution in [-0.4, -0.2) is 31.5 Å². The molecule has 2 aliphatic rings. The highest BCUT2D eigenvalue weighted by atomic mass is 16.7. The average molecular weight is 317 g/mol. The first-order chi connectivity index (χ1) is 10.7. The second-order valence-electron chi connectivity index (χ2n) is 7.34. The zero-order valence-corrected chi connectivity index (χ0v) is 14.4. The molecule has 1 heterocycles. The Labute approximate surface area is 137 Å². The van der Waals surface area contributed by atoms with Gasteiger partial charge in [-0.2, -0.15) is 0 Å². The van der Waals surface area contributed by atoms with Gasteiger partial charge in [0, 0.05) is 7.05 Å². The fourth-order valence-corrected chi connectivity index (χ4v) is 2.71. The van der Waals surface area contributed by atoms with E-state index in [2.05, 4.69) is 5.32 Å². The van der Waals surface area contributed by atoms with Crippen LogP contribution < -0.4 is 10.8 Å². The van der Waals surface area contributed by atoms with Crippen LogP contribution in [0.15, 0.2) is 24.3 Å². The lowest BCUT2D eigenvalue weighted by Gasteiger charge is -2.32. The highest BCUT2D eigenvalue weighted by Crippen LogP contribution is 2.49. The van der Waals surface area contributed by atoms with E-state index in [1.54, 1.807) is 7.05 Å². The molecule has 1 saturated carbocycles. The van der Waals surface area contributed by atoms with Crippen LogP contribution in [0, 0.1) is 0 Å². The van der Waals surface area contributed by atoms with Crippen molar-refractivity contribution in [3.8, 4) is 0 Å². The molecule has 124 valence electrons. The number of amides is 1. The van der Waals surface area contributed by atoms with Gasteiger partial charge in [-0.1, -0.05) is 24.3 Å². The average Bonchev–Trinajstić information content (AvgIpc) is 3.22. The van der Waals surface area contributed by atoms with E-state index in [0.717, 1.165) is 23.9 Å². The molecule has 1 aromatic rings. The van der Waals surface area contributed by atoms with E-state index >= 15 is 0 Å². The highest BCUT2D eigenvalue weighted by Gasteiger charge is 2.52. The number of carbonyl (C=O) groups excluding carboxylic acids is 1. The molecule has 0 radical (unpaired) electrons. The predicted molar refractivity (Wildman–Crippen MR) is 88.6 cm³/mol. The van der Waals surface area contributed by atoms with E-state index in [0.29, 0.717) is 0 Å². The second-order valence-corrected chi connectivity index (χ2v) is 7.34. The van der Waals surface area contributed by atoms with Gasteiger partial charge >= 0.3 is 13.2 Å². The minimum absolute atomic E-state index is 0.351. The molecule has 0 atom stereocenters. The molecule has 1 N–H and O–H groups in total. The molecule has 5 nitrogen and oxygen atoms in total. The van der Waals surface area contributed by atoms with Crippen LogP contribution in [0.5, 0.6) is 0 Å². The second kappa shape index (κ2) is 5.25. The van der Waals surface area contributed by atoms with Crippen LogP contribution in [0.2, 0.25) is 0 Å². The molecule has 1 amide bonds. The van der Waals surface area contributed by atoms with E-state index in [9.17, 15) is 4.79 Å². The van der Waals surface area contributed by atoms with Crippen LogP contribution in [-0.2, 0) is 19.6 Å². The summed E-state index contributed by atoms with van der Waals surface area (Å²) in [5.41, 5.74) is 0.825. The fourth-order valence-electron chi connectivity index (χ4n) is 2.71. The molecule has 1 aliphatic carbocycles. The summed E-state index contributed by atoms with van der Waals surface area (Å²) in [6.45, 7) is 8.16. The van der Waals surface area contributed by atoms with Crippen molar-refractivity contribution >= 4 is 18.7 Å². The van der Waals surface area contributed by atoms with Crippen LogP contribution in [0.4, 0.5) is 4.79 Å². The zero-order chi connectivity index (χ0) is 16.9. The summed E-state index contributed by atoms with van der Waals surface area (Å²) in [5.74, 6) is 0. The summed E-state index contributed by atoms with van der Waals surface area (Å²) in [6, 6.07) is 7.97. The van der Waals surface area contributed by atoms with E-state index in [1.165, 1.54) is 0 Å². The molecule has 0 spiro atoms. The first-order valence-electron chi connectivity index (χ1n) is 8.06. The number of hydrogen-bond donors (Lipinski definition) is 1. The quantitative estimate of drug-likeness (QED) is 0.870. The summed E-state index contributed by atoms with van der Waals surface area (Å²) < 4.78 is 17.6. The van der Waals surface area contributed by atoms with Gasteiger partial charge in [-0.3, -0.25) is 0 Å². The third kappa shape index (κ3) is 2.86. The number of nitrogens with one attached hydrogen (secondary N) is 1. The predicted octanol–water partition coefficient (Wildman–Crippen LogP) is 2.33. The lowest BCUT2D eigenvalue weighted by atomic mass is 9.78.